The number of aromatic hydroxyl groups is 2. The number of piperazine rings is 1. The van der Waals surface area contributed by atoms with Crippen molar-refractivity contribution in [2.24, 2.45) is 0 Å². The summed E-state index contributed by atoms with van der Waals surface area (Å²) in [5.41, 5.74) is 0.765. The molecular weight excluding hydrogens is 280 g/mol. The molecule has 0 bridgehead atoms. The standard InChI is InChI=1S/C13H18N2O2S2/c1-19-13(18)15-6-4-14(5-7-15)9-10-8-11(16)2-3-12(10)17/h2-3,8,16-17H,4-7,9H2,1H3. The number of hydrogen-bond acceptors (Lipinski definition) is 5. The first-order valence-corrected chi connectivity index (χ1v) is 7.79. The molecule has 0 aromatic heterocycles. The second kappa shape index (κ2) is 6.45. The maximum atomic E-state index is 9.77. The number of phenols is 2. The Hall–Kier alpha value is -0.980. The Labute approximate surface area is 123 Å². The molecule has 0 atom stereocenters. The lowest BCUT2D eigenvalue weighted by molar-refractivity contribution is 0.177. The van der Waals surface area contributed by atoms with Crippen LogP contribution in [-0.4, -0.2) is 56.8 Å². The number of rotatable bonds is 2. The predicted molar refractivity (Wildman–Crippen MR) is 82.7 cm³/mol. The van der Waals surface area contributed by atoms with Crippen LogP contribution < -0.4 is 0 Å². The molecular formula is C13H18N2O2S2. The normalized spacial score (nSPS) is 16.6. The number of nitrogens with zero attached hydrogens (tertiary/aromatic N) is 2. The number of thioether (sulfide) groups is 1. The van der Waals surface area contributed by atoms with Crippen LogP contribution in [0.4, 0.5) is 0 Å². The molecule has 0 unspecified atom stereocenters. The van der Waals surface area contributed by atoms with Crippen molar-refractivity contribution in [1.82, 2.24) is 9.80 Å². The van der Waals surface area contributed by atoms with E-state index in [1.807, 2.05) is 6.26 Å². The first-order valence-electron chi connectivity index (χ1n) is 6.16. The van der Waals surface area contributed by atoms with E-state index in [1.54, 1.807) is 17.8 Å². The van der Waals surface area contributed by atoms with Gasteiger partial charge in [-0.1, -0.05) is 12.2 Å². The number of hydrogen-bond donors (Lipinski definition) is 2. The fourth-order valence-corrected chi connectivity index (χ4v) is 2.78. The molecule has 1 aromatic carbocycles. The van der Waals surface area contributed by atoms with E-state index in [0.717, 1.165) is 36.1 Å². The molecule has 0 amide bonds. The third-order valence-corrected chi connectivity index (χ3v) is 4.63. The molecule has 1 heterocycles. The van der Waals surface area contributed by atoms with Crippen molar-refractivity contribution < 1.29 is 10.2 Å². The Morgan fingerprint density at radius 2 is 1.95 bits per heavy atom. The Morgan fingerprint density at radius 1 is 1.26 bits per heavy atom. The van der Waals surface area contributed by atoms with Crippen molar-refractivity contribution in [3.63, 3.8) is 0 Å². The summed E-state index contributed by atoms with van der Waals surface area (Å²) in [7, 11) is 0. The zero-order chi connectivity index (χ0) is 13.8. The zero-order valence-electron chi connectivity index (χ0n) is 10.9. The van der Waals surface area contributed by atoms with Gasteiger partial charge in [0.15, 0.2) is 0 Å². The van der Waals surface area contributed by atoms with E-state index in [-0.39, 0.29) is 11.5 Å². The summed E-state index contributed by atoms with van der Waals surface area (Å²) in [6, 6.07) is 4.64. The molecule has 19 heavy (non-hydrogen) atoms. The fourth-order valence-electron chi connectivity index (χ4n) is 2.16. The summed E-state index contributed by atoms with van der Waals surface area (Å²) < 4.78 is 0.944. The Bertz CT molecular complexity index is 460. The van der Waals surface area contributed by atoms with E-state index in [1.165, 1.54) is 12.1 Å². The van der Waals surface area contributed by atoms with Crippen molar-refractivity contribution in [3.8, 4) is 11.5 Å². The third kappa shape index (κ3) is 3.75. The van der Waals surface area contributed by atoms with E-state index in [4.69, 9.17) is 12.2 Å². The van der Waals surface area contributed by atoms with Gasteiger partial charge in [0.05, 0.1) is 0 Å². The second-order valence-electron chi connectivity index (χ2n) is 4.55. The summed E-state index contributed by atoms with van der Waals surface area (Å²) in [6.45, 7) is 4.31. The predicted octanol–water partition coefficient (Wildman–Crippen LogP) is 1.86. The van der Waals surface area contributed by atoms with Crippen molar-refractivity contribution in [2.75, 3.05) is 32.4 Å². The average molecular weight is 298 g/mol. The van der Waals surface area contributed by atoms with Gasteiger partial charge in [-0.15, -0.1) is 11.8 Å². The largest absolute Gasteiger partial charge is 0.508 e. The first kappa shape index (κ1) is 14.4. The van der Waals surface area contributed by atoms with Crippen molar-refractivity contribution in [1.29, 1.82) is 0 Å². The zero-order valence-corrected chi connectivity index (χ0v) is 12.5. The van der Waals surface area contributed by atoms with Crippen LogP contribution >= 0.6 is 24.0 Å². The molecule has 6 heteroatoms. The summed E-state index contributed by atoms with van der Waals surface area (Å²) in [5.74, 6) is 0.426. The van der Waals surface area contributed by atoms with Gasteiger partial charge < -0.3 is 15.1 Å². The van der Waals surface area contributed by atoms with Crippen molar-refractivity contribution >= 4 is 28.3 Å². The Kier molecular flexibility index (Phi) is 4.90. The van der Waals surface area contributed by atoms with E-state index in [2.05, 4.69) is 9.80 Å². The highest BCUT2D eigenvalue weighted by molar-refractivity contribution is 8.22. The van der Waals surface area contributed by atoms with Gasteiger partial charge in [0.2, 0.25) is 0 Å². The Balaban J connectivity index is 1.92. The smallest absolute Gasteiger partial charge is 0.136 e. The number of phenolic OH excluding ortho intramolecular Hbond substituents is 2. The lowest BCUT2D eigenvalue weighted by atomic mass is 10.1. The van der Waals surface area contributed by atoms with E-state index in [0.29, 0.717) is 6.54 Å². The summed E-state index contributed by atoms with van der Waals surface area (Å²) in [4.78, 5) is 4.47. The molecule has 4 nitrogen and oxygen atoms in total. The highest BCUT2D eigenvalue weighted by Crippen LogP contribution is 2.24. The van der Waals surface area contributed by atoms with Crippen LogP contribution in [0.25, 0.3) is 0 Å². The van der Waals surface area contributed by atoms with Gasteiger partial charge in [-0.3, -0.25) is 4.90 Å². The van der Waals surface area contributed by atoms with Gasteiger partial charge in [-0.05, 0) is 24.5 Å². The number of benzene rings is 1. The maximum Gasteiger partial charge on any atom is 0.136 e. The molecule has 2 N–H and O–H groups in total. The Morgan fingerprint density at radius 3 is 2.58 bits per heavy atom. The van der Waals surface area contributed by atoms with E-state index in [9.17, 15) is 10.2 Å². The third-order valence-electron chi connectivity index (χ3n) is 3.26. The molecule has 0 spiro atoms. The quantitative estimate of drug-likeness (QED) is 0.642. The van der Waals surface area contributed by atoms with Crippen LogP contribution in [0.15, 0.2) is 18.2 Å². The first-order chi connectivity index (χ1) is 9.10. The molecule has 104 valence electrons. The molecule has 1 saturated heterocycles. The van der Waals surface area contributed by atoms with Crippen LogP contribution in [0.5, 0.6) is 11.5 Å². The van der Waals surface area contributed by atoms with Crippen molar-refractivity contribution in [2.45, 2.75) is 6.54 Å². The highest BCUT2D eigenvalue weighted by atomic mass is 32.2. The highest BCUT2D eigenvalue weighted by Gasteiger charge is 2.19. The molecule has 1 aromatic rings. The van der Waals surface area contributed by atoms with E-state index < -0.39 is 0 Å². The maximum absolute atomic E-state index is 9.77. The van der Waals surface area contributed by atoms with Crippen LogP contribution in [0.3, 0.4) is 0 Å². The van der Waals surface area contributed by atoms with Gasteiger partial charge in [0.1, 0.15) is 15.8 Å². The minimum atomic E-state index is 0.190. The van der Waals surface area contributed by atoms with Gasteiger partial charge in [0, 0.05) is 38.3 Å². The second-order valence-corrected chi connectivity index (χ2v) is 5.99. The molecule has 0 saturated carbocycles. The molecule has 1 fully saturated rings. The van der Waals surface area contributed by atoms with Crippen molar-refractivity contribution in [3.05, 3.63) is 23.8 Å². The monoisotopic (exact) mass is 298 g/mol. The molecule has 0 aliphatic carbocycles. The molecule has 1 aliphatic heterocycles. The summed E-state index contributed by atoms with van der Waals surface area (Å²) >= 11 is 6.89. The van der Waals surface area contributed by atoms with Crippen LogP contribution in [0, 0.1) is 0 Å². The minimum absolute atomic E-state index is 0.190. The van der Waals surface area contributed by atoms with Gasteiger partial charge in [-0.25, -0.2) is 0 Å². The molecule has 0 radical (unpaired) electrons. The van der Waals surface area contributed by atoms with Crippen LogP contribution in [0.1, 0.15) is 5.56 Å². The van der Waals surface area contributed by atoms with E-state index >= 15 is 0 Å². The van der Waals surface area contributed by atoms with Gasteiger partial charge in [0.25, 0.3) is 0 Å². The summed E-state index contributed by atoms with van der Waals surface area (Å²) in [6.07, 6.45) is 2.00. The lowest BCUT2D eigenvalue weighted by Crippen LogP contribution is -2.47. The fraction of sp³-hybridized carbons (Fsp3) is 0.462. The average Bonchev–Trinajstić information content (AvgIpc) is 2.43. The molecule has 1 aliphatic rings. The summed E-state index contributed by atoms with van der Waals surface area (Å²) in [5, 5.41) is 19.2. The van der Waals surface area contributed by atoms with Crippen LogP contribution in [0.2, 0.25) is 0 Å². The van der Waals surface area contributed by atoms with Gasteiger partial charge in [-0.2, -0.15) is 0 Å². The van der Waals surface area contributed by atoms with Crippen LogP contribution in [-0.2, 0) is 6.54 Å². The lowest BCUT2D eigenvalue weighted by Gasteiger charge is -2.35. The number of thiocarbonyl (C=S) groups is 1. The van der Waals surface area contributed by atoms with Gasteiger partial charge >= 0.3 is 0 Å². The topological polar surface area (TPSA) is 46.9 Å². The minimum Gasteiger partial charge on any atom is -0.508 e. The molecule has 2 rings (SSSR count). The SMILES string of the molecule is CSC(=S)N1CCN(Cc2cc(O)ccc2O)CC1.